The molecule has 0 aromatic heterocycles. The van der Waals surface area contributed by atoms with E-state index in [1.807, 2.05) is 30.3 Å². The lowest BCUT2D eigenvalue weighted by molar-refractivity contribution is 0.350. The molecule has 0 spiro atoms. The van der Waals surface area contributed by atoms with Crippen molar-refractivity contribution >= 4 is 18.8 Å². The number of hydrogen-bond acceptors (Lipinski definition) is 1. The first kappa shape index (κ1) is 14.0. The molecule has 0 bridgehead atoms. The molecule has 3 aromatic carbocycles. The maximum Gasteiger partial charge on any atom is 0.0922 e. The predicted octanol–water partition coefficient (Wildman–Crippen LogP) is 4.25. The lowest BCUT2D eigenvalue weighted by Crippen LogP contribution is -2.13. The van der Waals surface area contributed by atoms with E-state index < -0.39 is 8.15 Å². The van der Waals surface area contributed by atoms with Crippen molar-refractivity contribution in [3.05, 3.63) is 96.6 Å². The molecular weight excluding hydrogens is 275 g/mol. The van der Waals surface area contributed by atoms with Crippen LogP contribution in [0.4, 0.5) is 0 Å². The molecule has 21 heavy (non-hydrogen) atoms. The molecular formula is C19H17OP. The highest BCUT2D eigenvalue weighted by molar-refractivity contribution is 7.68. The molecule has 0 N–H and O–H groups in total. The largest absolute Gasteiger partial charge is 0.345 e. The lowest BCUT2D eigenvalue weighted by atomic mass is 10.2. The fraction of sp³-hybridized carbons (Fsp3) is 0.0526. The summed E-state index contributed by atoms with van der Waals surface area (Å²) in [4.78, 5) is 0. The van der Waals surface area contributed by atoms with Crippen LogP contribution in [0.15, 0.2) is 91.0 Å². The third-order valence-corrected chi connectivity index (χ3v) is 5.11. The Labute approximate surface area is 127 Å². The van der Waals surface area contributed by atoms with E-state index in [1.54, 1.807) is 0 Å². The monoisotopic (exact) mass is 292 g/mol. The van der Waals surface area contributed by atoms with Crippen molar-refractivity contribution in [2.75, 3.05) is 0 Å². The van der Waals surface area contributed by atoms with Gasteiger partial charge in [0.1, 0.15) is 0 Å². The van der Waals surface area contributed by atoms with Gasteiger partial charge in [0, 0.05) is 10.6 Å². The Bertz CT molecular complexity index is 613. The van der Waals surface area contributed by atoms with Crippen molar-refractivity contribution < 1.29 is 4.52 Å². The fourth-order valence-electron chi connectivity index (χ4n) is 2.14. The van der Waals surface area contributed by atoms with Crippen LogP contribution in [-0.2, 0) is 11.1 Å². The van der Waals surface area contributed by atoms with Crippen LogP contribution in [0.25, 0.3) is 0 Å². The molecule has 1 nitrogen and oxygen atoms in total. The molecule has 0 aliphatic carbocycles. The molecule has 0 heterocycles. The van der Waals surface area contributed by atoms with Gasteiger partial charge in [0.15, 0.2) is 0 Å². The zero-order valence-electron chi connectivity index (χ0n) is 11.7. The van der Waals surface area contributed by atoms with Gasteiger partial charge in [-0.05, 0) is 5.56 Å². The van der Waals surface area contributed by atoms with Crippen molar-refractivity contribution in [2.24, 2.45) is 0 Å². The molecule has 0 aliphatic heterocycles. The van der Waals surface area contributed by atoms with Crippen LogP contribution in [0, 0.1) is 0 Å². The van der Waals surface area contributed by atoms with Gasteiger partial charge in [-0.3, -0.25) is 0 Å². The highest BCUT2D eigenvalue weighted by Gasteiger charge is 2.14. The summed E-state index contributed by atoms with van der Waals surface area (Å²) in [5.74, 6) is 0. The zero-order valence-corrected chi connectivity index (χ0v) is 12.6. The van der Waals surface area contributed by atoms with E-state index in [-0.39, 0.29) is 0 Å². The maximum absolute atomic E-state index is 6.27. The summed E-state index contributed by atoms with van der Waals surface area (Å²) < 4.78 is 6.27. The minimum absolute atomic E-state index is 0.635. The molecule has 0 saturated carbocycles. The van der Waals surface area contributed by atoms with Crippen molar-refractivity contribution in [1.82, 2.24) is 0 Å². The first-order chi connectivity index (χ1) is 10.4. The molecule has 3 aromatic rings. The Morgan fingerprint density at radius 3 is 1.48 bits per heavy atom. The Hall–Kier alpha value is -1.95. The van der Waals surface area contributed by atoms with E-state index >= 15 is 0 Å². The molecule has 0 aliphatic rings. The molecule has 3 rings (SSSR count). The predicted molar refractivity (Wildman–Crippen MR) is 90.3 cm³/mol. The van der Waals surface area contributed by atoms with E-state index in [0.29, 0.717) is 6.61 Å². The molecule has 0 fully saturated rings. The van der Waals surface area contributed by atoms with Crippen molar-refractivity contribution in [2.45, 2.75) is 6.61 Å². The summed E-state index contributed by atoms with van der Waals surface area (Å²) in [6.07, 6.45) is 0. The Morgan fingerprint density at radius 1 is 0.571 bits per heavy atom. The Balaban J connectivity index is 1.83. The van der Waals surface area contributed by atoms with Crippen molar-refractivity contribution in [3.8, 4) is 0 Å². The third kappa shape index (κ3) is 3.78. The fourth-order valence-corrected chi connectivity index (χ4v) is 3.90. The van der Waals surface area contributed by atoms with Gasteiger partial charge >= 0.3 is 0 Å². The number of rotatable bonds is 5. The second-order valence-corrected chi connectivity index (χ2v) is 6.60. The molecule has 104 valence electrons. The van der Waals surface area contributed by atoms with E-state index in [4.69, 9.17) is 4.52 Å². The quantitative estimate of drug-likeness (QED) is 0.639. The summed E-state index contributed by atoms with van der Waals surface area (Å²) in [5.41, 5.74) is 1.21. The zero-order chi connectivity index (χ0) is 14.3. The smallest absolute Gasteiger partial charge is 0.0922 e. The van der Waals surface area contributed by atoms with Crippen LogP contribution in [0.5, 0.6) is 0 Å². The topological polar surface area (TPSA) is 9.23 Å². The van der Waals surface area contributed by atoms with Gasteiger partial charge in [0.2, 0.25) is 0 Å². The first-order valence-electron chi connectivity index (χ1n) is 7.00. The summed E-state index contributed by atoms with van der Waals surface area (Å²) >= 11 is 0. The van der Waals surface area contributed by atoms with Crippen LogP contribution >= 0.6 is 8.15 Å². The van der Waals surface area contributed by atoms with E-state index in [2.05, 4.69) is 60.7 Å². The SMILES string of the molecule is c1ccc(COP(c2ccccc2)c2ccccc2)cc1. The molecule has 2 heteroatoms. The van der Waals surface area contributed by atoms with E-state index in [9.17, 15) is 0 Å². The van der Waals surface area contributed by atoms with Crippen LogP contribution in [0.1, 0.15) is 5.56 Å². The van der Waals surface area contributed by atoms with Crippen LogP contribution < -0.4 is 10.6 Å². The molecule has 0 unspecified atom stereocenters. The van der Waals surface area contributed by atoms with Crippen LogP contribution in [0.2, 0.25) is 0 Å². The molecule has 0 saturated heterocycles. The maximum atomic E-state index is 6.27. The molecule has 0 atom stereocenters. The van der Waals surface area contributed by atoms with Gasteiger partial charge in [-0.1, -0.05) is 91.0 Å². The van der Waals surface area contributed by atoms with Gasteiger partial charge in [-0.15, -0.1) is 0 Å². The first-order valence-corrected chi connectivity index (χ1v) is 8.26. The van der Waals surface area contributed by atoms with E-state index in [0.717, 1.165) is 0 Å². The summed E-state index contributed by atoms with van der Waals surface area (Å²) in [6, 6.07) is 31.3. The minimum atomic E-state index is -0.775. The van der Waals surface area contributed by atoms with E-state index in [1.165, 1.54) is 16.2 Å². The molecule has 0 amide bonds. The second-order valence-electron chi connectivity index (χ2n) is 4.72. The van der Waals surface area contributed by atoms with Gasteiger partial charge < -0.3 is 4.52 Å². The van der Waals surface area contributed by atoms with Gasteiger partial charge in [0.05, 0.1) is 14.8 Å². The highest BCUT2D eigenvalue weighted by Crippen LogP contribution is 2.35. The summed E-state index contributed by atoms with van der Waals surface area (Å²) in [5, 5.41) is 2.49. The van der Waals surface area contributed by atoms with Crippen LogP contribution in [0.3, 0.4) is 0 Å². The second kappa shape index (κ2) is 7.17. The van der Waals surface area contributed by atoms with Gasteiger partial charge in [-0.25, -0.2) is 0 Å². The highest BCUT2D eigenvalue weighted by atomic mass is 31.1. The molecule has 0 radical (unpaired) electrons. The standard InChI is InChI=1S/C19H17OP/c1-4-10-17(11-5-1)16-20-21(18-12-6-2-7-13-18)19-14-8-3-9-15-19/h1-15H,16H2. The Morgan fingerprint density at radius 2 is 1.00 bits per heavy atom. The average molecular weight is 292 g/mol. The number of hydrogen-bond donors (Lipinski definition) is 0. The normalized spacial score (nSPS) is 10.7. The van der Waals surface area contributed by atoms with Gasteiger partial charge in [-0.2, -0.15) is 0 Å². The summed E-state index contributed by atoms with van der Waals surface area (Å²) in [7, 11) is -0.775. The number of benzene rings is 3. The minimum Gasteiger partial charge on any atom is -0.345 e. The average Bonchev–Trinajstić information content (AvgIpc) is 2.58. The third-order valence-electron chi connectivity index (χ3n) is 3.18. The Kier molecular flexibility index (Phi) is 4.78. The van der Waals surface area contributed by atoms with Crippen LogP contribution in [-0.4, -0.2) is 0 Å². The lowest BCUT2D eigenvalue weighted by Gasteiger charge is -2.18. The van der Waals surface area contributed by atoms with Crippen molar-refractivity contribution in [1.29, 1.82) is 0 Å². The summed E-state index contributed by atoms with van der Waals surface area (Å²) in [6.45, 7) is 0.635. The van der Waals surface area contributed by atoms with Crippen molar-refractivity contribution in [3.63, 3.8) is 0 Å². The van der Waals surface area contributed by atoms with Gasteiger partial charge in [0.25, 0.3) is 0 Å².